The number of nitrogens with two attached hydrogens (primary N) is 1. The maximum atomic E-state index is 12.3. The van der Waals surface area contributed by atoms with E-state index in [0.29, 0.717) is 29.2 Å². The molecule has 3 aromatic rings. The van der Waals surface area contributed by atoms with Gasteiger partial charge in [-0.25, -0.2) is 0 Å². The number of thioether (sulfide) groups is 1. The van der Waals surface area contributed by atoms with Crippen LogP contribution in [0.4, 0.5) is 23.3 Å². The van der Waals surface area contributed by atoms with Crippen molar-refractivity contribution in [1.29, 1.82) is 0 Å². The van der Waals surface area contributed by atoms with Crippen molar-refractivity contribution in [3.63, 3.8) is 0 Å². The molecule has 1 amide bonds. The zero-order valence-corrected chi connectivity index (χ0v) is 17.2. The van der Waals surface area contributed by atoms with E-state index in [9.17, 15) is 4.79 Å². The van der Waals surface area contributed by atoms with Crippen LogP contribution in [0.25, 0.3) is 0 Å². The maximum Gasteiger partial charge on any atom is 0.234 e. The van der Waals surface area contributed by atoms with Gasteiger partial charge < -0.3 is 16.4 Å². The first-order valence-corrected chi connectivity index (χ1v) is 10.5. The van der Waals surface area contributed by atoms with Crippen LogP contribution in [0.2, 0.25) is 0 Å². The van der Waals surface area contributed by atoms with Crippen LogP contribution in [0, 0.1) is 0 Å². The van der Waals surface area contributed by atoms with E-state index in [1.807, 2.05) is 54.6 Å². The lowest BCUT2D eigenvalue weighted by Gasteiger charge is -2.13. The molecule has 0 aliphatic carbocycles. The number of benzene rings is 2. The summed E-state index contributed by atoms with van der Waals surface area (Å²) >= 11 is 1.42. The molecular formula is C21H24N6OS. The highest BCUT2D eigenvalue weighted by atomic mass is 32.2. The first-order valence-electron chi connectivity index (χ1n) is 9.30. The van der Waals surface area contributed by atoms with Gasteiger partial charge in [-0.15, -0.1) is 11.8 Å². The molecular weight excluding hydrogens is 384 g/mol. The summed E-state index contributed by atoms with van der Waals surface area (Å²) in [6.07, 6.45) is 0. The van der Waals surface area contributed by atoms with E-state index >= 15 is 0 Å². The van der Waals surface area contributed by atoms with Crippen molar-refractivity contribution in [2.24, 2.45) is 0 Å². The third-order valence-corrected chi connectivity index (χ3v) is 4.98. The van der Waals surface area contributed by atoms with Crippen LogP contribution < -0.4 is 16.4 Å². The average molecular weight is 409 g/mol. The summed E-state index contributed by atoms with van der Waals surface area (Å²) in [6.45, 7) is 4.21. The van der Waals surface area contributed by atoms with Gasteiger partial charge in [0.2, 0.25) is 17.8 Å². The number of rotatable bonds is 8. The number of nitrogen functional groups attached to an aromatic ring is 1. The fourth-order valence-electron chi connectivity index (χ4n) is 2.74. The Morgan fingerprint density at radius 1 is 1.03 bits per heavy atom. The Morgan fingerprint density at radius 2 is 1.76 bits per heavy atom. The standard InChI is InChI=1S/C21H24N6OS/c1-14(2)16-10-6-7-11-17(16)24-19(28)13-29-12-18-25-20(22)27-21(26-18)23-15-8-4-3-5-9-15/h3-11,14H,12-13H2,1-2H3,(H,24,28)(H3,22,23,25,26,27). The summed E-state index contributed by atoms with van der Waals surface area (Å²) in [5, 5.41) is 6.09. The van der Waals surface area contributed by atoms with Crippen LogP contribution in [-0.4, -0.2) is 26.6 Å². The molecule has 0 saturated heterocycles. The van der Waals surface area contributed by atoms with Gasteiger partial charge in [0.05, 0.1) is 11.5 Å². The highest BCUT2D eigenvalue weighted by Gasteiger charge is 2.10. The van der Waals surface area contributed by atoms with Gasteiger partial charge in [-0.05, 0) is 29.7 Å². The largest absolute Gasteiger partial charge is 0.368 e. The summed E-state index contributed by atoms with van der Waals surface area (Å²) in [5.74, 6) is 2.07. The Bertz CT molecular complexity index is 964. The number of carbonyl (C=O) groups is 1. The third-order valence-electron chi connectivity index (χ3n) is 4.05. The van der Waals surface area contributed by atoms with E-state index in [2.05, 4.69) is 39.4 Å². The number of nitrogens with zero attached hydrogens (tertiary/aromatic N) is 3. The SMILES string of the molecule is CC(C)c1ccccc1NC(=O)CSCc1nc(N)nc(Nc2ccccc2)n1. The summed E-state index contributed by atoms with van der Waals surface area (Å²) in [6, 6.07) is 17.4. The van der Waals surface area contributed by atoms with Crippen LogP contribution in [0.15, 0.2) is 54.6 Å². The van der Waals surface area contributed by atoms with Gasteiger partial charge in [0.25, 0.3) is 0 Å². The minimum atomic E-state index is -0.0623. The van der Waals surface area contributed by atoms with E-state index < -0.39 is 0 Å². The number of carbonyl (C=O) groups excluding carboxylic acids is 1. The molecule has 7 nitrogen and oxygen atoms in total. The average Bonchev–Trinajstić information content (AvgIpc) is 2.68. The fourth-order valence-corrected chi connectivity index (χ4v) is 3.42. The number of aromatic nitrogens is 3. The van der Waals surface area contributed by atoms with Crippen LogP contribution in [0.3, 0.4) is 0 Å². The van der Waals surface area contributed by atoms with Crippen molar-refractivity contribution < 1.29 is 4.79 Å². The van der Waals surface area contributed by atoms with E-state index in [-0.39, 0.29) is 11.9 Å². The Balaban J connectivity index is 1.56. The van der Waals surface area contributed by atoms with Crippen molar-refractivity contribution >= 4 is 40.9 Å². The summed E-state index contributed by atoms with van der Waals surface area (Å²) < 4.78 is 0. The molecule has 0 fully saturated rings. The number of amides is 1. The minimum Gasteiger partial charge on any atom is -0.368 e. The molecule has 8 heteroatoms. The molecule has 1 heterocycles. The van der Waals surface area contributed by atoms with Gasteiger partial charge in [-0.1, -0.05) is 50.2 Å². The number of anilines is 4. The van der Waals surface area contributed by atoms with Crippen LogP contribution in [0.1, 0.15) is 31.2 Å². The normalized spacial score (nSPS) is 10.7. The Labute approximate surface area is 174 Å². The van der Waals surface area contributed by atoms with Crippen LogP contribution in [-0.2, 0) is 10.5 Å². The number of para-hydroxylation sites is 2. The molecule has 150 valence electrons. The molecule has 0 atom stereocenters. The van der Waals surface area contributed by atoms with Gasteiger partial charge in [0, 0.05) is 11.4 Å². The van der Waals surface area contributed by atoms with Gasteiger partial charge in [0.1, 0.15) is 5.82 Å². The molecule has 2 aromatic carbocycles. The highest BCUT2D eigenvalue weighted by Crippen LogP contribution is 2.24. The molecule has 3 rings (SSSR count). The summed E-state index contributed by atoms with van der Waals surface area (Å²) in [4.78, 5) is 25.0. The number of hydrogen-bond donors (Lipinski definition) is 3. The van der Waals surface area contributed by atoms with Gasteiger partial charge in [0.15, 0.2) is 0 Å². The van der Waals surface area contributed by atoms with E-state index in [0.717, 1.165) is 16.9 Å². The van der Waals surface area contributed by atoms with Crippen LogP contribution in [0.5, 0.6) is 0 Å². The topological polar surface area (TPSA) is 106 Å². The maximum absolute atomic E-state index is 12.3. The second kappa shape index (κ2) is 9.88. The van der Waals surface area contributed by atoms with E-state index in [4.69, 9.17) is 5.73 Å². The quantitative estimate of drug-likeness (QED) is 0.513. The number of hydrogen-bond acceptors (Lipinski definition) is 7. The zero-order chi connectivity index (χ0) is 20.6. The predicted molar refractivity (Wildman–Crippen MR) is 119 cm³/mol. The molecule has 0 saturated carbocycles. The monoisotopic (exact) mass is 408 g/mol. The lowest BCUT2D eigenvalue weighted by atomic mass is 10.0. The summed E-state index contributed by atoms with van der Waals surface area (Å²) in [7, 11) is 0. The molecule has 4 N–H and O–H groups in total. The van der Waals surface area contributed by atoms with Crippen molar-refractivity contribution in [2.45, 2.75) is 25.5 Å². The van der Waals surface area contributed by atoms with Crippen molar-refractivity contribution in [1.82, 2.24) is 15.0 Å². The Morgan fingerprint density at radius 3 is 2.52 bits per heavy atom. The second-order valence-corrected chi connectivity index (χ2v) is 7.69. The molecule has 0 spiro atoms. The van der Waals surface area contributed by atoms with Crippen molar-refractivity contribution in [3.05, 3.63) is 66.0 Å². The smallest absolute Gasteiger partial charge is 0.234 e. The molecule has 29 heavy (non-hydrogen) atoms. The molecule has 0 bridgehead atoms. The second-order valence-electron chi connectivity index (χ2n) is 6.71. The molecule has 1 aromatic heterocycles. The molecule has 0 aliphatic heterocycles. The van der Waals surface area contributed by atoms with E-state index in [1.54, 1.807) is 0 Å². The lowest BCUT2D eigenvalue weighted by Crippen LogP contribution is -2.16. The number of nitrogens with one attached hydrogen (secondary N) is 2. The van der Waals surface area contributed by atoms with E-state index in [1.165, 1.54) is 11.8 Å². The van der Waals surface area contributed by atoms with Crippen molar-refractivity contribution in [3.8, 4) is 0 Å². The Hall–Kier alpha value is -3.13. The molecule has 0 radical (unpaired) electrons. The van der Waals surface area contributed by atoms with Gasteiger partial charge in [-0.2, -0.15) is 15.0 Å². The minimum absolute atomic E-state index is 0.0623. The first-order chi connectivity index (χ1) is 14.0. The highest BCUT2D eigenvalue weighted by molar-refractivity contribution is 7.99. The molecule has 0 aliphatic rings. The Kier molecular flexibility index (Phi) is 7.02. The zero-order valence-electron chi connectivity index (χ0n) is 16.4. The third kappa shape index (κ3) is 6.18. The fraction of sp³-hybridized carbons (Fsp3) is 0.238. The van der Waals surface area contributed by atoms with Gasteiger partial charge >= 0.3 is 0 Å². The molecule has 0 unspecified atom stereocenters. The predicted octanol–water partition coefficient (Wildman–Crippen LogP) is 4.19. The van der Waals surface area contributed by atoms with Crippen LogP contribution >= 0.6 is 11.8 Å². The van der Waals surface area contributed by atoms with Gasteiger partial charge in [-0.3, -0.25) is 4.79 Å². The summed E-state index contributed by atoms with van der Waals surface area (Å²) in [5.41, 5.74) is 8.63. The lowest BCUT2D eigenvalue weighted by molar-refractivity contribution is -0.113. The first kappa shape index (κ1) is 20.6. The van der Waals surface area contributed by atoms with Crippen molar-refractivity contribution in [2.75, 3.05) is 22.1 Å².